The van der Waals surface area contributed by atoms with Crippen molar-refractivity contribution in [1.29, 1.82) is 0 Å². The highest BCUT2D eigenvalue weighted by Crippen LogP contribution is 2.22. The van der Waals surface area contributed by atoms with E-state index in [9.17, 15) is 4.79 Å². The Morgan fingerprint density at radius 3 is 2.94 bits per heavy atom. The van der Waals surface area contributed by atoms with Gasteiger partial charge < -0.3 is 9.84 Å². The van der Waals surface area contributed by atoms with Crippen LogP contribution in [0.4, 0.5) is 0 Å². The van der Waals surface area contributed by atoms with Gasteiger partial charge in [0, 0.05) is 17.3 Å². The zero-order valence-electron chi connectivity index (χ0n) is 9.92. The first kappa shape index (κ1) is 12.7. The monoisotopic (exact) mass is 263 g/mol. The number of carboxylic acids is 1. The number of hydrogen-bond acceptors (Lipinski definition) is 4. The molecule has 1 N–H and O–H groups in total. The number of carboxylic acid groups (broad SMARTS) is 1. The second-order valence-corrected chi connectivity index (χ2v) is 5.11. The summed E-state index contributed by atoms with van der Waals surface area (Å²) in [5.74, 6) is -0.887. The van der Waals surface area contributed by atoms with Crippen molar-refractivity contribution in [3.63, 3.8) is 0 Å². The summed E-state index contributed by atoms with van der Waals surface area (Å²) in [7, 11) is 0. The van der Waals surface area contributed by atoms with Crippen LogP contribution in [0.3, 0.4) is 0 Å². The number of aromatic carboxylic acids is 1. The van der Waals surface area contributed by atoms with Gasteiger partial charge in [0.15, 0.2) is 0 Å². The molecule has 0 saturated carbocycles. The molecule has 0 bridgehead atoms. The standard InChI is InChI=1S/C13H13NO3S/c1-9-11(5-12(18-9)13(15)16)8-17-7-10-3-2-4-14-6-10/h2-6H,7-8H2,1H3,(H,15,16). The number of carbonyl (C=O) groups is 1. The van der Waals surface area contributed by atoms with Gasteiger partial charge in [-0.1, -0.05) is 6.07 Å². The number of aryl methyl sites for hydroxylation is 1. The SMILES string of the molecule is Cc1sc(C(=O)O)cc1COCc1cccnc1. The van der Waals surface area contributed by atoms with Crippen LogP contribution >= 0.6 is 11.3 Å². The lowest BCUT2D eigenvalue weighted by Crippen LogP contribution is -1.95. The Morgan fingerprint density at radius 2 is 2.33 bits per heavy atom. The zero-order valence-corrected chi connectivity index (χ0v) is 10.7. The smallest absolute Gasteiger partial charge is 0.345 e. The molecule has 0 aliphatic carbocycles. The fourth-order valence-corrected chi connectivity index (χ4v) is 2.40. The van der Waals surface area contributed by atoms with E-state index in [2.05, 4.69) is 4.98 Å². The first-order valence-corrected chi connectivity index (χ1v) is 6.27. The Hall–Kier alpha value is -1.72. The van der Waals surface area contributed by atoms with Gasteiger partial charge in [-0.05, 0) is 30.2 Å². The van der Waals surface area contributed by atoms with Crippen molar-refractivity contribution in [2.45, 2.75) is 20.1 Å². The van der Waals surface area contributed by atoms with Crippen LogP contribution in [0.2, 0.25) is 0 Å². The fraction of sp³-hybridized carbons (Fsp3) is 0.231. The zero-order chi connectivity index (χ0) is 13.0. The summed E-state index contributed by atoms with van der Waals surface area (Å²) in [5, 5.41) is 8.89. The van der Waals surface area contributed by atoms with Crippen LogP contribution in [-0.4, -0.2) is 16.1 Å². The first-order chi connectivity index (χ1) is 8.66. The van der Waals surface area contributed by atoms with Crippen molar-refractivity contribution in [3.8, 4) is 0 Å². The third-order valence-corrected chi connectivity index (χ3v) is 3.56. The highest BCUT2D eigenvalue weighted by Gasteiger charge is 2.10. The van der Waals surface area contributed by atoms with Crippen molar-refractivity contribution < 1.29 is 14.6 Å². The van der Waals surface area contributed by atoms with Crippen molar-refractivity contribution in [1.82, 2.24) is 4.98 Å². The minimum atomic E-state index is -0.887. The molecule has 0 fully saturated rings. The molecular weight excluding hydrogens is 250 g/mol. The third kappa shape index (κ3) is 3.15. The van der Waals surface area contributed by atoms with Gasteiger partial charge in [0.25, 0.3) is 0 Å². The molecular formula is C13H13NO3S. The van der Waals surface area contributed by atoms with E-state index < -0.39 is 5.97 Å². The van der Waals surface area contributed by atoms with Gasteiger partial charge in [0.1, 0.15) is 4.88 Å². The molecule has 5 heteroatoms. The maximum absolute atomic E-state index is 10.8. The second-order valence-electron chi connectivity index (χ2n) is 3.85. The molecule has 2 aromatic rings. The fourth-order valence-electron chi connectivity index (χ4n) is 1.53. The van der Waals surface area contributed by atoms with Gasteiger partial charge in [-0.15, -0.1) is 11.3 Å². The topological polar surface area (TPSA) is 59.4 Å². The molecule has 0 saturated heterocycles. The van der Waals surface area contributed by atoms with Crippen LogP contribution in [-0.2, 0) is 18.0 Å². The molecule has 2 aromatic heterocycles. The Bertz CT molecular complexity index is 536. The molecule has 0 radical (unpaired) electrons. The molecule has 0 atom stereocenters. The average molecular weight is 263 g/mol. The van der Waals surface area contributed by atoms with Gasteiger partial charge in [0.2, 0.25) is 0 Å². The van der Waals surface area contributed by atoms with E-state index >= 15 is 0 Å². The van der Waals surface area contributed by atoms with E-state index in [0.717, 1.165) is 16.0 Å². The molecule has 0 unspecified atom stereocenters. The maximum Gasteiger partial charge on any atom is 0.345 e. The Kier molecular flexibility index (Phi) is 4.07. The van der Waals surface area contributed by atoms with Gasteiger partial charge in [-0.3, -0.25) is 4.98 Å². The van der Waals surface area contributed by atoms with Crippen LogP contribution in [0.1, 0.15) is 25.7 Å². The molecule has 4 nitrogen and oxygen atoms in total. The number of nitrogens with zero attached hydrogens (tertiary/aromatic N) is 1. The molecule has 2 heterocycles. The van der Waals surface area contributed by atoms with Crippen LogP contribution in [0.5, 0.6) is 0 Å². The Balaban J connectivity index is 1.92. The highest BCUT2D eigenvalue weighted by atomic mass is 32.1. The predicted molar refractivity (Wildman–Crippen MR) is 68.7 cm³/mol. The Morgan fingerprint density at radius 1 is 1.50 bits per heavy atom. The van der Waals surface area contributed by atoms with Crippen LogP contribution in [0.15, 0.2) is 30.6 Å². The minimum absolute atomic E-state index is 0.354. The number of aromatic nitrogens is 1. The minimum Gasteiger partial charge on any atom is -0.477 e. The molecule has 0 aliphatic heterocycles. The number of ether oxygens (including phenoxy) is 1. The lowest BCUT2D eigenvalue weighted by Gasteiger charge is -2.03. The normalized spacial score (nSPS) is 10.5. The van der Waals surface area contributed by atoms with Crippen LogP contribution in [0.25, 0.3) is 0 Å². The van der Waals surface area contributed by atoms with Crippen LogP contribution < -0.4 is 0 Å². The molecule has 94 valence electrons. The van der Waals surface area contributed by atoms with E-state index in [4.69, 9.17) is 9.84 Å². The van der Waals surface area contributed by atoms with Gasteiger partial charge >= 0.3 is 5.97 Å². The van der Waals surface area contributed by atoms with Crippen molar-refractivity contribution in [2.75, 3.05) is 0 Å². The summed E-state index contributed by atoms with van der Waals surface area (Å²) in [4.78, 5) is 16.2. The highest BCUT2D eigenvalue weighted by molar-refractivity contribution is 7.14. The molecule has 0 amide bonds. The number of thiophene rings is 1. The van der Waals surface area contributed by atoms with Crippen LogP contribution in [0, 0.1) is 6.92 Å². The van der Waals surface area contributed by atoms with E-state index in [1.165, 1.54) is 11.3 Å². The number of rotatable bonds is 5. The molecule has 2 rings (SSSR count). The van der Waals surface area contributed by atoms with E-state index in [0.29, 0.717) is 18.1 Å². The average Bonchev–Trinajstić information content (AvgIpc) is 2.73. The van der Waals surface area contributed by atoms with Gasteiger partial charge in [-0.25, -0.2) is 4.79 Å². The maximum atomic E-state index is 10.8. The summed E-state index contributed by atoms with van der Waals surface area (Å²) in [5.41, 5.74) is 1.94. The van der Waals surface area contributed by atoms with Crippen molar-refractivity contribution in [3.05, 3.63) is 51.5 Å². The quantitative estimate of drug-likeness (QED) is 0.901. The number of pyridine rings is 1. The Labute approximate surface area is 109 Å². The van der Waals surface area contributed by atoms with Crippen molar-refractivity contribution in [2.24, 2.45) is 0 Å². The molecule has 0 aliphatic rings. The summed E-state index contributed by atoms with van der Waals surface area (Å²) < 4.78 is 5.55. The second kappa shape index (κ2) is 5.75. The number of hydrogen-bond donors (Lipinski definition) is 1. The summed E-state index contributed by atoms with van der Waals surface area (Å²) in [6.45, 7) is 2.80. The molecule has 0 spiro atoms. The van der Waals surface area contributed by atoms with E-state index in [1.807, 2.05) is 19.1 Å². The molecule has 0 aromatic carbocycles. The van der Waals surface area contributed by atoms with Gasteiger partial charge in [0.05, 0.1) is 13.2 Å². The molecule has 18 heavy (non-hydrogen) atoms. The summed E-state index contributed by atoms with van der Waals surface area (Å²) in [6.07, 6.45) is 3.47. The van der Waals surface area contributed by atoms with Crippen molar-refractivity contribution >= 4 is 17.3 Å². The van der Waals surface area contributed by atoms with E-state index in [-0.39, 0.29) is 0 Å². The predicted octanol–water partition coefficient (Wildman–Crippen LogP) is 2.87. The largest absolute Gasteiger partial charge is 0.477 e. The third-order valence-electron chi connectivity index (χ3n) is 2.48. The lowest BCUT2D eigenvalue weighted by molar-refractivity contribution is 0.0701. The first-order valence-electron chi connectivity index (χ1n) is 5.46. The van der Waals surface area contributed by atoms with Gasteiger partial charge in [-0.2, -0.15) is 0 Å². The summed E-state index contributed by atoms with van der Waals surface area (Å²) >= 11 is 1.28. The summed E-state index contributed by atoms with van der Waals surface area (Å²) in [6, 6.07) is 5.47. The lowest BCUT2D eigenvalue weighted by atomic mass is 10.2. The van der Waals surface area contributed by atoms with E-state index in [1.54, 1.807) is 18.5 Å².